The molecule has 16 heteroatoms. The lowest BCUT2D eigenvalue weighted by atomic mass is 9.83. The first-order chi connectivity index (χ1) is 25.0. The standard InChI is InChI=1S/C36H45ClF3N9O3/c1-41-31-27(36(38,39)40)19-23(20-28(31)37)21-29(33(50)47-17-15-46(16-18-47)30-22-45-11-7-24(30)8-12-45)42-34(51)48-13-9-26(10-14-48)49-35(52)43-32(44-49)25-5-3-2-4-6-25/h2-6,19-20,24,26,29-30,41H,7-18,21-22H2,1H3,(H,42,51)(H,43,44,52)/t29-,30?/m1/s1. The first-order valence-corrected chi connectivity index (χ1v) is 18.5. The number of H-pyrrole nitrogens is 1. The van der Waals surface area contributed by atoms with Crippen LogP contribution in [-0.2, 0) is 17.4 Å². The van der Waals surface area contributed by atoms with Crippen molar-refractivity contribution in [3.05, 3.63) is 69.1 Å². The lowest BCUT2D eigenvalue weighted by Crippen LogP contribution is -2.63. The van der Waals surface area contributed by atoms with Crippen molar-refractivity contribution in [1.29, 1.82) is 0 Å². The van der Waals surface area contributed by atoms with Crippen molar-refractivity contribution in [2.24, 2.45) is 5.92 Å². The van der Waals surface area contributed by atoms with E-state index < -0.39 is 23.8 Å². The molecule has 0 aliphatic carbocycles. The summed E-state index contributed by atoms with van der Waals surface area (Å²) < 4.78 is 43.6. The summed E-state index contributed by atoms with van der Waals surface area (Å²) in [7, 11) is 1.37. The van der Waals surface area contributed by atoms with Gasteiger partial charge in [0.1, 0.15) is 6.04 Å². The maximum atomic E-state index is 14.2. The average molecular weight is 744 g/mol. The molecule has 0 saturated carbocycles. The SMILES string of the molecule is CNc1c(Cl)cc(C[C@@H](NC(=O)N2CCC(n3nc(-c4ccccc4)[nH]c3=O)CC2)C(=O)N2CCN(C3CN4CCC3CC4)CC2)cc1C(F)(F)F. The van der Waals surface area contributed by atoms with Crippen LogP contribution in [-0.4, -0.2) is 124 Å². The van der Waals surface area contributed by atoms with E-state index in [9.17, 15) is 27.6 Å². The van der Waals surface area contributed by atoms with E-state index in [-0.39, 0.29) is 40.3 Å². The van der Waals surface area contributed by atoms with Crippen LogP contribution in [0, 0.1) is 5.92 Å². The Morgan fingerprint density at radius 2 is 1.65 bits per heavy atom. The number of carbonyl (C=O) groups excluding carboxylic acids is 2. The maximum Gasteiger partial charge on any atom is 0.418 e. The Balaban J connectivity index is 1.04. The number of aromatic amines is 1. The van der Waals surface area contributed by atoms with Crippen molar-refractivity contribution >= 4 is 29.2 Å². The number of piperidine rings is 4. The number of carbonyl (C=O) groups is 2. The highest BCUT2D eigenvalue weighted by Crippen LogP contribution is 2.40. The number of urea groups is 1. The third kappa shape index (κ3) is 7.67. The van der Waals surface area contributed by atoms with E-state index in [0.29, 0.717) is 69.9 Å². The van der Waals surface area contributed by atoms with Crippen LogP contribution >= 0.6 is 11.6 Å². The molecule has 1 unspecified atom stereocenters. The topological polar surface area (TPSA) is 122 Å². The molecule has 8 rings (SSSR count). The summed E-state index contributed by atoms with van der Waals surface area (Å²) in [4.78, 5) is 51.8. The van der Waals surface area contributed by atoms with Crippen molar-refractivity contribution < 1.29 is 22.8 Å². The molecule has 3 aromatic rings. The number of hydrogen-bond donors (Lipinski definition) is 3. The highest BCUT2D eigenvalue weighted by Gasteiger charge is 2.40. The fourth-order valence-electron chi connectivity index (χ4n) is 8.40. The van der Waals surface area contributed by atoms with Crippen LogP contribution in [0.3, 0.4) is 0 Å². The predicted molar refractivity (Wildman–Crippen MR) is 191 cm³/mol. The molecule has 5 aliphatic rings. The maximum absolute atomic E-state index is 14.2. The molecule has 2 bridgehead atoms. The number of fused-ring (bicyclic) bond motifs is 3. The molecule has 6 heterocycles. The number of amides is 3. The number of piperazine rings is 1. The second-order valence-electron chi connectivity index (χ2n) is 14.3. The fourth-order valence-corrected chi connectivity index (χ4v) is 8.74. The second-order valence-corrected chi connectivity index (χ2v) is 14.7. The van der Waals surface area contributed by atoms with Gasteiger partial charge < -0.3 is 25.3 Å². The highest BCUT2D eigenvalue weighted by atomic mass is 35.5. The number of rotatable bonds is 8. The van der Waals surface area contributed by atoms with Gasteiger partial charge in [0.15, 0.2) is 5.82 Å². The molecule has 1 aromatic heterocycles. The van der Waals surface area contributed by atoms with Gasteiger partial charge in [0.2, 0.25) is 5.91 Å². The molecular formula is C36H45ClF3N9O3. The van der Waals surface area contributed by atoms with Crippen LogP contribution in [0.25, 0.3) is 11.4 Å². The molecule has 52 heavy (non-hydrogen) atoms. The van der Waals surface area contributed by atoms with Gasteiger partial charge in [-0.2, -0.15) is 13.2 Å². The summed E-state index contributed by atoms with van der Waals surface area (Å²) in [5, 5.41) is 9.79. The van der Waals surface area contributed by atoms with Crippen LogP contribution in [0.4, 0.5) is 23.7 Å². The van der Waals surface area contributed by atoms with Crippen LogP contribution in [0.5, 0.6) is 0 Å². The summed E-state index contributed by atoms with van der Waals surface area (Å²) in [6.45, 7) is 6.28. The van der Waals surface area contributed by atoms with E-state index >= 15 is 0 Å². The van der Waals surface area contributed by atoms with E-state index in [1.165, 1.54) is 30.6 Å². The highest BCUT2D eigenvalue weighted by molar-refractivity contribution is 6.33. The molecule has 2 aromatic carbocycles. The van der Waals surface area contributed by atoms with Gasteiger partial charge in [0, 0.05) is 70.9 Å². The van der Waals surface area contributed by atoms with Gasteiger partial charge >= 0.3 is 17.9 Å². The largest absolute Gasteiger partial charge is 0.418 e. The number of nitrogens with zero attached hydrogens (tertiary/aromatic N) is 6. The van der Waals surface area contributed by atoms with Gasteiger partial charge in [-0.15, -0.1) is 5.10 Å². The second kappa shape index (κ2) is 15.1. The Hall–Kier alpha value is -4.08. The number of aromatic nitrogens is 3. The first-order valence-electron chi connectivity index (χ1n) is 18.1. The Bertz CT molecular complexity index is 1800. The molecule has 5 fully saturated rings. The lowest BCUT2D eigenvalue weighted by Gasteiger charge is -2.51. The minimum Gasteiger partial charge on any atom is -0.386 e. The van der Waals surface area contributed by atoms with Crippen molar-refractivity contribution in [3.8, 4) is 11.4 Å². The van der Waals surface area contributed by atoms with Gasteiger partial charge in [-0.1, -0.05) is 41.9 Å². The Morgan fingerprint density at radius 1 is 0.962 bits per heavy atom. The molecule has 5 saturated heterocycles. The third-order valence-corrected chi connectivity index (χ3v) is 11.5. The third-order valence-electron chi connectivity index (χ3n) is 11.2. The normalized spacial score (nSPS) is 23.4. The zero-order valence-electron chi connectivity index (χ0n) is 29.2. The molecule has 5 aliphatic heterocycles. The van der Waals surface area contributed by atoms with Crippen LogP contribution in [0.2, 0.25) is 5.02 Å². The van der Waals surface area contributed by atoms with Crippen LogP contribution < -0.4 is 16.3 Å². The number of alkyl halides is 3. The Kier molecular flexibility index (Phi) is 10.5. The number of likely N-dealkylation sites (tertiary alicyclic amines) is 1. The van der Waals surface area contributed by atoms with Crippen molar-refractivity contribution in [2.45, 2.75) is 56.4 Å². The number of halogens is 4. The predicted octanol–water partition coefficient (Wildman–Crippen LogP) is 4.15. The zero-order chi connectivity index (χ0) is 36.6. The molecule has 12 nitrogen and oxygen atoms in total. The monoisotopic (exact) mass is 743 g/mol. The van der Waals surface area contributed by atoms with E-state index in [0.717, 1.165) is 31.3 Å². The van der Waals surface area contributed by atoms with Gasteiger partial charge in [0.05, 0.1) is 22.3 Å². The van der Waals surface area contributed by atoms with Crippen molar-refractivity contribution in [2.75, 3.05) is 71.3 Å². The molecule has 280 valence electrons. The number of nitrogens with one attached hydrogen (secondary N) is 3. The van der Waals surface area contributed by atoms with E-state index in [4.69, 9.17) is 11.6 Å². The summed E-state index contributed by atoms with van der Waals surface area (Å²) in [6, 6.07) is 10.4. The molecule has 3 N–H and O–H groups in total. The van der Waals surface area contributed by atoms with Crippen molar-refractivity contribution in [3.63, 3.8) is 0 Å². The molecule has 0 spiro atoms. The van der Waals surface area contributed by atoms with E-state index in [2.05, 4.69) is 30.5 Å². The fraction of sp³-hybridized carbons (Fsp3) is 0.556. The van der Waals surface area contributed by atoms with Crippen LogP contribution in [0.15, 0.2) is 47.3 Å². The number of hydrogen-bond acceptors (Lipinski definition) is 7. The molecule has 0 radical (unpaired) electrons. The minimum absolute atomic E-state index is 0.123. The lowest BCUT2D eigenvalue weighted by molar-refractivity contribution is -0.137. The first kappa shape index (κ1) is 36.3. The number of benzene rings is 2. The Morgan fingerprint density at radius 3 is 2.27 bits per heavy atom. The van der Waals surface area contributed by atoms with E-state index in [1.54, 1.807) is 9.80 Å². The molecule has 2 atom stereocenters. The zero-order valence-corrected chi connectivity index (χ0v) is 29.9. The van der Waals surface area contributed by atoms with Gasteiger partial charge in [-0.05, 0) is 62.4 Å². The van der Waals surface area contributed by atoms with Gasteiger partial charge in [0.25, 0.3) is 0 Å². The van der Waals surface area contributed by atoms with Gasteiger partial charge in [-0.25, -0.2) is 14.3 Å². The smallest absolute Gasteiger partial charge is 0.386 e. The minimum atomic E-state index is -4.69. The summed E-state index contributed by atoms with van der Waals surface area (Å²) in [5.41, 5.74) is -0.542. The summed E-state index contributed by atoms with van der Waals surface area (Å²) in [5.74, 6) is 0.790. The Labute approximate surface area is 305 Å². The average Bonchev–Trinajstić information content (AvgIpc) is 3.56. The summed E-state index contributed by atoms with van der Waals surface area (Å²) in [6.07, 6.45) is -1.55. The van der Waals surface area contributed by atoms with Gasteiger partial charge in [-0.3, -0.25) is 14.7 Å². The summed E-state index contributed by atoms with van der Waals surface area (Å²) >= 11 is 6.31. The van der Waals surface area contributed by atoms with Crippen LogP contribution in [0.1, 0.15) is 42.9 Å². The number of anilines is 1. The van der Waals surface area contributed by atoms with E-state index in [1.807, 2.05) is 30.3 Å². The van der Waals surface area contributed by atoms with Crippen molar-refractivity contribution in [1.82, 2.24) is 39.7 Å². The molecular weight excluding hydrogens is 699 g/mol. The molecule has 3 amide bonds. The quantitative estimate of drug-likeness (QED) is 0.317.